The number of aromatic hydroxyl groups is 1. The Balaban J connectivity index is 3.20. The smallest absolute Gasteiger partial charge is 0.144 e. The number of methoxy groups -OCH3 is 1. The van der Waals surface area contributed by atoms with Crippen LogP contribution in [-0.2, 0) is 6.42 Å². The molecule has 0 saturated heterocycles. The Kier molecular flexibility index (Phi) is 3.81. The first kappa shape index (κ1) is 11.7. The second kappa shape index (κ2) is 4.90. The molecule has 1 rings (SSSR count). The molecule has 0 aromatic heterocycles. The summed E-state index contributed by atoms with van der Waals surface area (Å²) < 4.78 is 5.11. The lowest BCUT2D eigenvalue weighted by atomic mass is 10.1. The average Bonchev–Trinajstić information content (AvgIpc) is 2.23. The summed E-state index contributed by atoms with van der Waals surface area (Å²) in [5.41, 5.74) is 1.54. The standard InChI is InChI=1S/C11H12ClNO2/c1-7-6-8(4-3-5-13)11(15-2)9(12)10(7)14/h6,14H,3-4H2,1-2H3. The van der Waals surface area contributed by atoms with E-state index >= 15 is 0 Å². The molecule has 80 valence electrons. The quantitative estimate of drug-likeness (QED) is 0.861. The number of nitriles is 1. The van der Waals surface area contributed by atoms with Gasteiger partial charge in [-0.3, -0.25) is 0 Å². The van der Waals surface area contributed by atoms with Crippen molar-refractivity contribution in [2.45, 2.75) is 19.8 Å². The number of ether oxygens (including phenoxy) is 1. The van der Waals surface area contributed by atoms with Crippen LogP contribution in [0.15, 0.2) is 6.07 Å². The van der Waals surface area contributed by atoms with E-state index in [1.54, 1.807) is 13.0 Å². The minimum atomic E-state index is 0.0363. The minimum Gasteiger partial charge on any atom is -0.506 e. The molecule has 0 aliphatic rings. The third-order valence-electron chi connectivity index (χ3n) is 2.17. The Labute approximate surface area is 93.9 Å². The molecular weight excluding hydrogens is 214 g/mol. The number of hydrogen-bond acceptors (Lipinski definition) is 3. The van der Waals surface area contributed by atoms with Crippen LogP contribution in [0.2, 0.25) is 5.02 Å². The van der Waals surface area contributed by atoms with E-state index in [0.29, 0.717) is 24.2 Å². The molecule has 1 N–H and O–H groups in total. The van der Waals surface area contributed by atoms with Crippen LogP contribution in [0.25, 0.3) is 0 Å². The zero-order chi connectivity index (χ0) is 11.4. The maximum atomic E-state index is 9.59. The van der Waals surface area contributed by atoms with Crippen LogP contribution >= 0.6 is 11.6 Å². The number of rotatable bonds is 3. The SMILES string of the molecule is COc1c(CCC#N)cc(C)c(O)c1Cl. The van der Waals surface area contributed by atoms with E-state index in [4.69, 9.17) is 21.6 Å². The second-order valence-electron chi connectivity index (χ2n) is 3.21. The van der Waals surface area contributed by atoms with Gasteiger partial charge < -0.3 is 9.84 Å². The van der Waals surface area contributed by atoms with Gasteiger partial charge in [0, 0.05) is 6.42 Å². The third kappa shape index (κ3) is 2.34. The minimum absolute atomic E-state index is 0.0363. The monoisotopic (exact) mass is 225 g/mol. The molecule has 0 bridgehead atoms. The molecule has 15 heavy (non-hydrogen) atoms. The summed E-state index contributed by atoms with van der Waals surface area (Å²) in [5.74, 6) is 0.490. The fraction of sp³-hybridized carbons (Fsp3) is 0.364. The Morgan fingerprint density at radius 2 is 2.27 bits per heavy atom. The van der Waals surface area contributed by atoms with Gasteiger partial charge in [-0.2, -0.15) is 5.26 Å². The van der Waals surface area contributed by atoms with Crippen molar-refractivity contribution in [3.05, 3.63) is 22.2 Å². The van der Waals surface area contributed by atoms with Gasteiger partial charge in [0.05, 0.1) is 13.2 Å². The Bertz CT molecular complexity index is 410. The number of hydrogen-bond donors (Lipinski definition) is 1. The average molecular weight is 226 g/mol. The molecule has 0 aliphatic carbocycles. The van der Waals surface area contributed by atoms with E-state index < -0.39 is 0 Å². The molecule has 0 saturated carbocycles. The van der Waals surface area contributed by atoms with Gasteiger partial charge in [-0.25, -0.2) is 0 Å². The van der Waals surface area contributed by atoms with E-state index in [9.17, 15) is 5.11 Å². The lowest BCUT2D eigenvalue weighted by molar-refractivity contribution is 0.402. The topological polar surface area (TPSA) is 53.2 Å². The Morgan fingerprint density at radius 3 is 2.80 bits per heavy atom. The van der Waals surface area contributed by atoms with Gasteiger partial charge in [0.15, 0.2) is 0 Å². The summed E-state index contributed by atoms with van der Waals surface area (Å²) in [5, 5.41) is 18.3. The highest BCUT2D eigenvalue weighted by Crippen LogP contribution is 2.39. The first-order valence-corrected chi connectivity index (χ1v) is 4.91. The van der Waals surface area contributed by atoms with Crippen LogP contribution in [0, 0.1) is 18.3 Å². The Morgan fingerprint density at radius 1 is 1.60 bits per heavy atom. The highest BCUT2D eigenvalue weighted by atomic mass is 35.5. The van der Waals surface area contributed by atoms with Crippen LogP contribution in [-0.4, -0.2) is 12.2 Å². The zero-order valence-electron chi connectivity index (χ0n) is 8.67. The number of phenolic OH excluding ortho intramolecular Hbond substituents is 1. The molecular formula is C11H12ClNO2. The van der Waals surface area contributed by atoms with E-state index in [2.05, 4.69) is 6.07 Å². The second-order valence-corrected chi connectivity index (χ2v) is 3.58. The lowest BCUT2D eigenvalue weighted by Gasteiger charge is -2.12. The number of halogens is 1. The molecule has 0 heterocycles. The number of nitrogens with zero attached hydrogens (tertiary/aromatic N) is 1. The van der Waals surface area contributed by atoms with Gasteiger partial charge in [-0.15, -0.1) is 0 Å². The van der Waals surface area contributed by atoms with Crippen LogP contribution in [0.4, 0.5) is 0 Å². The molecule has 3 nitrogen and oxygen atoms in total. The van der Waals surface area contributed by atoms with Crippen molar-refractivity contribution < 1.29 is 9.84 Å². The van der Waals surface area contributed by atoms with Crippen LogP contribution in [0.3, 0.4) is 0 Å². The van der Waals surface area contributed by atoms with Crippen molar-refractivity contribution in [3.63, 3.8) is 0 Å². The van der Waals surface area contributed by atoms with E-state index in [0.717, 1.165) is 5.56 Å². The summed E-state index contributed by atoms with van der Waals surface area (Å²) in [6.07, 6.45) is 0.970. The third-order valence-corrected chi connectivity index (χ3v) is 2.52. The van der Waals surface area contributed by atoms with E-state index in [1.807, 2.05) is 0 Å². The van der Waals surface area contributed by atoms with Crippen molar-refractivity contribution in [2.75, 3.05) is 7.11 Å². The van der Waals surface area contributed by atoms with Crippen LogP contribution < -0.4 is 4.74 Å². The van der Waals surface area contributed by atoms with Gasteiger partial charge in [0.1, 0.15) is 16.5 Å². The molecule has 0 amide bonds. The molecule has 1 aromatic rings. The van der Waals surface area contributed by atoms with Crippen molar-refractivity contribution in [1.29, 1.82) is 5.26 Å². The maximum absolute atomic E-state index is 9.59. The summed E-state index contributed by atoms with van der Waals surface area (Å²) in [7, 11) is 1.49. The normalized spacial score (nSPS) is 9.73. The number of benzene rings is 1. The molecule has 0 aliphatic heterocycles. The van der Waals surface area contributed by atoms with Crippen molar-refractivity contribution in [3.8, 4) is 17.6 Å². The summed E-state index contributed by atoms with van der Waals surface area (Å²) >= 11 is 5.92. The molecule has 0 radical (unpaired) electrons. The van der Waals surface area contributed by atoms with Crippen LogP contribution in [0.5, 0.6) is 11.5 Å². The largest absolute Gasteiger partial charge is 0.506 e. The first-order chi connectivity index (χ1) is 7.11. The molecule has 4 heteroatoms. The molecule has 0 fully saturated rings. The zero-order valence-corrected chi connectivity index (χ0v) is 9.43. The summed E-state index contributed by atoms with van der Waals surface area (Å²) in [6, 6.07) is 3.85. The van der Waals surface area contributed by atoms with Crippen molar-refractivity contribution in [1.82, 2.24) is 0 Å². The predicted octanol–water partition coefficient (Wildman–Crippen LogP) is 2.82. The highest BCUT2D eigenvalue weighted by Gasteiger charge is 2.14. The summed E-state index contributed by atoms with van der Waals surface area (Å²) in [4.78, 5) is 0. The molecule has 1 aromatic carbocycles. The van der Waals surface area contributed by atoms with Gasteiger partial charge >= 0.3 is 0 Å². The number of phenols is 1. The van der Waals surface area contributed by atoms with E-state index in [-0.39, 0.29) is 10.8 Å². The van der Waals surface area contributed by atoms with Crippen LogP contribution in [0.1, 0.15) is 17.5 Å². The fourth-order valence-corrected chi connectivity index (χ4v) is 1.76. The fourth-order valence-electron chi connectivity index (χ4n) is 1.41. The molecule has 0 spiro atoms. The maximum Gasteiger partial charge on any atom is 0.144 e. The number of aryl methyl sites for hydroxylation is 2. The van der Waals surface area contributed by atoms with Gasteiger partial charge in [0.2, 0.25) is 0 Å². The Hall–Kier alpha value is -1.40. The highest BCUT2D eigenvalue weighted by molar-refractivity contribution is 6.33. The summed E-state index contributed by atoms with van der Waals surface area (Å²) in [6.45, 7) is 1.76. The van der Waals surface area contributed by atoms with Crippen molar-refractivity contribution >= 4 is 11.6 Å². The van der Waals surface area contributed by atoms with Crippen molar-refractivity contribution in [2.24, 2.45) is 0 Å². The molecule has 0 unspecified atom stereocenters. The first-order valence-electron chi connectivity index (χ1n) is 4.53. The predicted molar refractivity (Wildman–Crippen MR) is 58.3 cm³/mol. The van der Waals surface area contributed by atoms with E-state index in [1.165, 1.54) is 7.11 Å². The van der Waals surface area contributed by atoms with Gasteiger partial charge in [-0.1, -0.05) is 11.6 Å². The van der Waals surface area contributed by atoms with Gasteiger partial charge in [0.25, 0.3) is 0 Å². The molecule has 0 atom stereocenters. The van der Waals surface area contributed by atoms with Gasteiger partial charge in [-0.05, 0) is 30.5 Å². The lowest BCUT2D eigenvalue weighted by Crippen LogP contribution is -1.95.